The number of allylic oxidation sites excluding steroid dienone is 8. The van der Waals surface area contributed by atoms with Crippen LogP contribution in [0.25, 0.3) is 11.1 Å². The number of hydrogen-bond acceptors (Lipinski definition) is 2. The van der Waals surface area contributed by atoms with Crippen molar-refractivity contribution in [2.24, 2.45) is 11.8 Å². The van der Waals surface area contributed by atoms with Crippen LogP contribution >= 0.6 is 0 Å². The summed E-state index contributed by atoms with van der Waals surface area (Å²) in [6.07, 6.45) is 33.3. The molecule has 2 heteroatoms. The lowest BCUT2D eigenvalue weighted by Crippen LogP contribution is -2.46. The molecular weight excluding hydrogens is 667 g/mol. The van der Waals surface area contributed by atoms with Crippen molar-refractivity contribution in [3.05, 3.63) is 178 Å². The molecule has 0 fully saturated rings. The zero-order valence-electron chi connectivity index (χ0n) is 31.9. The average molecular weight is 718 g/mol. The molecule has 0 radical (unpaired) electrons. The number of ether oxygens (including phenoxy) is 1. The maximum atomic E-state index is 6.72. The molecule has 1 aliphatic heterocycles. The van der Waals surface area contributed by atoms with E-state index in [1.807, 2.05) is 0 Å². The van der Waals surface area contributed by atoms with Gasteiger partial charge in [-0.2, -0.15) is 0 Å². The smallest absolute Gasteiger partial charge is 0.126 e. The van der Waals surface area contributed by atoms with E-state index in [1.54, 1.807) is 22.4 Å². The molecule has 4 aromatic carbocycles. The van der Waals surface area contributed by atoms with E-state index >= 15 is 0 Å². The van der Waals surface area contributed by atoms with E-state index in [9.17, 15) is 0 Å². The second-order valence-corrected chi connectivity index (χ2v) is 17.7. The zero-order chi connectivity index (χ0) is 36.1. The topological polar surface area (TPSA) is 12.5 Å². The number of nitrogens with zero attached hydrogens (tertiary/aromatic N) is 1. The Morgan fingerprint density at radius 1 is 0.636 bits per heavy atom. The molecule has 4 aromatic rings. The molecule has 2 nitrogen and oxygen atoms in total. The number of hydrogen-bond donors (Lipinski definition) is 0. The first-order chi connectivity index (χ1) is 27.3. The molecule has 274 valence electrons. The summed E-state index contributed by atoms with van der Waals surface area (Å²) in [5.74, 6) is 3.49. The number of anilines is 1. The molecule has 0 N–H and O–H groups in total. The molecule has 8 aliphatic rings. The number of para-hydroxylation sites is 1. The van der Waals surface area contributed by atoms with Gasteiger partial charge in [0.05, 0.1) is 5.41 Å². The van der Waals surface area contributed by atoms with Crippen LogP contribution in [0.1, 0.15) is 122 Å². The fourth-order valence-corrected chi connectivity index (χ4v) is 12.9. The molecule has 7 aliphatic carbocycles. The Hall–Kier alpha value is -4.82. The molecule has 55 heavy (non-hydrogen) atoms. The standard InChI is InChI=1S/C53H51NO/c1-2-14-34(15-3-1)36-28-30-41-39-19-6-9-22-44(39)53(46(41)32-36)45-23-10-7-20-40(45)42-31-29-37(33-47(42)53)54(48-24-12-17-35-16-4-5-18-38(35)48)49-25-13-27-51-52(49)43-21-8-11-26-50(43)55-51/h2,4,7-8,10-11,13-14,16,20-24,26-35,38-39,49,51-52H,1,3,5-6,9,12,15,17-19,25H2. The third-order valence-electron chi connectivity index (χ3n) is 15.1. The summed E-state index contributed by atoms with van der Waals surface area (Å²) in [4.78, 5) is 2.87. The normalized spacial score (nSPS) is 31.6. The molecular formula is C53H51NO. The van der Waals surface area contributed by atoms with Crippen molar-refractivity contribution in [1.82, 2.24) is 0 Å². The summed E-state index contributed by atoms with van der Waals surface area (Å²) in [5.41, 5.74) is 16.2. The number of benzene rings is 4. The number of fused-ring (bicyclic) bond motifs is 14. The number of rotatable bonds is 4. The van der Waals surface area contributed by atoms with Crippen LogP contribution in [0.2, 0.25) is 0 Å². The minimum Gasteiger partial charge on any atom is -0.485 e. The molecule has 8 unspecified atom stereocenters. The molecule has 8 atom stereocenters. The highest BCUT2D eigenvalue weighted by atomic mass is 16.5. The van der Waals surface area contributed by atoms with Gasteiger partial charge in [0.1, 0.15) is 11.9 Å². The van der Waals surface area contributed by atoms with Gasteiger partial charge < -0.3 is 9.64 Å². The Morgan fingerprint density at radius 3 is 2.49 bits per heavy atom. The van der Waals surface area contributed by atoms with E-state index in [2.05, 4.69) is 138 Å². The summed E-state index contributed by atoms with van der Waals surface area (Å²) in [7, 11) is 0. The van der Waals surface area contributed by atoms with Gasteiger partial charge in [-0.05, 0) is 145 Å². The second-order valence-electron chi connectivity index (χ2n) is 17.7. The lowest BCUT2D eigenvalue weighted by molar-refractivity contribution is 0.228. The van der Waals surface area contributed by atoms with Crippen LogP contribution in [0.4, 0.5) is 5.69 Å². The summed E-state index contributed by atoms with van der Waals surface area (Å²) in [5, 5.41) is 0. The fraction of sp³-hybridized carbons (Fsp3) is 0.358. The Kier molecular flexibility index (Phi) is 7.43. The van der Waals surface area contributed by atoms with Crippen molar-refractivity contribution in [3.8, 4) is 16.9 Å². The van der Waals surface area contributed by atoms with Gasteiger partial charge in [-0.15, -0.1) is 0 Å². The molecule has 0 saturated carbocycles. The highest BCUT2D eigenvalue weighted by Gasteiger charge is 2.56. The predicted octanol–water partition coefficient (Wildman–Crippen LogP) is 13.0. The monoisotopic (exact) mass is 717 g/mol. The lowest BCUT2D eigenvalue weighted by atomic mass is 9.67. The van der Waals surface area contributed by atoms with Gasteiger partial charge in [-0.3, -0.25) is 0 Å². The van der Waals surface area contributed by atoms with Gasteiger partial charge in [0.2, 0.25) is 0 Å². The Balaban J connectivity index is 1.09. The third kappa shape index (κ3) is 4.67. The molecule has 0 bridgehead atoms. The van der Waals surface area contributed by atoms with E-state index in [0.29, 0.717) is 23.7 Å². The van der Waals surface area contributed by atoms with Crippen molar-refractivity contribution < 1.29 is 4.74 Å². The van der Waals surface area contributed by atoms with Gasteiger partial charge in [-0.25, -0.2) is 0 Å². The van der Waals surface area contributed by atoms with Crippen LogP contribution in [0, 0.1) is 11.8 Å². The van der Waals surface area contributed by atoms with Crippen LogP contribution in [0.15, 0.2) is 145 Å². The van der Waals surface area contributed by atoms with Crippen LogP contribution in [0.5, 0.6) is 5.75 Å². The van der Waals surface area contributed by atoms with E-state index in [-0.39, 0.29) is 23.5 Å². The molecule has 1 spiro atoms. The van der Waals surface area contributed by atoms with Crippen LogP contribution < -0.4 is 9.64 Å². The van der Waals surface area contributed by atoms with Gasteiger partial charge in [0, 0.05) is 46.7 Å². The molecule has 1 heterocycles. The molecule has 0 amide bonds. The van der Waals surface area contributed by atoms with Crippen LogP contribution in [0.3, 0.4) is 0 Å². The first kappa shape index (κ1) is 32.4. The fourth-order valence-electron chi connectivity index (χ4n) is 12.9. The van der Waals surface area contributed by atoms with E-state index in [4.69, 9.17) is 4.74 Å². The minimum atomic E-state index is -0.266. The SMILES string of the molecule is C1=CC(c2ccc3c(c2)C2(C4=CCCCC43)c3ccccc3-c3ccc(N(C4=CCCC5C=CCCC45)C4CC=CC5Oc6ccccc6C54)cc32)CCC1. The van der Waals surface area contributed by atoms with Gasteiger partial charge in [-0.1, -0.05) is 109 Å². The van der Waals surface area contributed by atoms with Crippen molar-refractivity contribution in [1.29, 1.82) is 0 Å². The Morgan fingerprint density at radius 2 is 1.53 bits per heavy atom. The molecule has 0 aromatic heterocycles. The summed E-state index contributed by atoms with van der Waals surface area (Å²) >= 11 is 0. The van der Waals surface area contributed by atoms with Crippen LogP contribution in [-0.2, 0) is 5.41 Å². The second kappa shape index (κ2) is 12.6. The maximum Gasteiger partial charge on any atom is 0.126 e. The summed E-state index contributed by atoms with van der Waals surface area (Å²) in [6.45, 7) is 0. The highest BCUT2D eigenvalue weighted by Crippen LogP contribution is 2.66. The van der Waals surface area contributed by atoms with Gasteiger partial charge in [0.15, 0.2) is 0 Å². The van der Waals surface area contributed by atoms with E-state index in [0.717, 1.165) is 18.6 Å². The minimum absolute atomic E-state index is 0.0667. The Bertz CT molecular complexity index is 2370. The average Bonchev–Trinajstić information content (AvgIpc) is 3.88. The molecule has 12 rings (SSSR count). The first-order valence-corrected chi connectivity index (χ1v) is 21.6. The van der Waals surface area contributed by atoms with E-state index in [1.165, 1.54) is 96.9 Å². The maximum absolute atomic E-state index is 6.72. The van der Waals surface area contributed by atoms with E-state index < -0.39 is 0 Å². The van der Waals surface area contributed by atoms with Crippen molar-refractivity contribution in [3.63, 3.8) is 0 Å². The lowest BCUT2D eigenvalue weighted by Gasteiger charge is -2.46. The quantitative estimate of drug-likeness (QED) is 0.195. The summed E-state index contributed by atoms with van der Waals surface area (Å²) < 4.78 is 6.72. The molecule has 0 saturated heterocycles. The van der Waals surface area contributed by atoms with Crippen LogP contribution in [-0.4, -0.2) is 12.1 Å². The predicted molar refractivity (Wildman–Crippen MR) is 225 cm³/mol. The van der Waals surface area contributed by atoms with Crippen molar-refractivity contribution in [2.45, 2.75) is 106 Å². The Labute approximate surface area is 327 Å². The third-order valence-corrected chi connectivity index (χ3v) is 15.1. The zero-order valence-corrected chi connectivity index (χ0v) is 31.9. The summed E-state index contributed by atoms with van der Waals surface area (Å²) in [6, 6.07) is 34.0. The highest BCUT2D eigenvalue weighted by molar-refractivity contribution is 5.90. The van der Waals surface area contributed by atoms with Gasteiger partial charge in [0.25, 0.3) is 0 Å². The first-order valence-electron chi connectivity index (χ1n) is 21.6. The van der Waals surface area contributed by atoms with Crippen molar-refractivity contribution >= 4 is 5.69 Å². The van der Waals surface area contributed by atoms with Crippen molar-refractivity contribution in [2.75, 3.05) is 4.90 Å². The van der Waals surface area contributed by atoms with Gasteiger partial charge >= 0.3 is 0 Å². The largest absolute Gasteiger partial charge is 0.485 e.